The number of ether oxygens (including phenoxy) is 1. The number of carbonyl (C=O) groups is 5. The predicted molar refractivity (Wildman–Crippen MR) is 156 cm³/mol. The van der Waals surface area contributed by atoms with Gasteiger partial charge in [-0.05, 0) is 32.1 Å². The van der Waals surface area contributed by atoms with Gasteiger partial charge in [-0.15, -0.1) is 0 Å². The molecule has 230 valence electrons. The van der Waals surface area contributed by atoms with E-state index in [1.165, 1.54) is 15.9 Å². The van der Waals surface area contributed by atoms with Crippen molar-refractivity contribution in [2.24, 2.45) is 5.92 Å². The Morgan fingerprint density at radius 2 is 1.67 bits per heavy atom. The van der Waals surface area contributed by atoms with Crippen molar-refractivity contribution in [1.29, 1.82) is 0 Å². The van der Waals surface area contributed by atoms with E-state index in [-0.39, 0.29) is 68.9 Å². The monoisotopic (exact) mass is 594 g/mol. The van der Waals surface area contributed by atoms with Crippen LogP contribution in [0.4, 0.5) is 10.6 Å². The number of aromatic nitrogens is 2. The largest absolute Gasteiger partial charge is 0.481 e. The van der Waals surface area contributed by atoms with Crippen LogP contribution in [0.3, 0.4) is 0 Å². The highest BCUT2D eigenvalue weighted by Crippen LogP contribution is 2.28. The molecule has 1 aromatic heterocycles. The van der Waals surface area contributed by atoms with Crippen molar-refractivity contribution in [2.45, 2.75) is 57.9 Å². The first-order valence-electron chi connectivity index (χ1n) is 14.7. The molecule has 13 heteroatoms. The van der Waals surface area contributed by atoms with Crippen LogP contribution < -0.4 is 10.6 Å². The van der Waals surface area contributed by atoms with E-state index in [1.54, 1.807) is 31.2 Å². The summed E-state index contributed by atoms with van der Waals surface area (Å²) in [4.78, 5) is 75.0. The molecule has 2 heterocycles. The van der Waals surface area contributed by atoms with Gasteiger partial charge in [0.25, 0.3) is 5.91 Å². The molecule has 4 rings (SSSR count). The van der Waals surface area contributed by atoms with Gasteiger partial charge < -0.3 is 30.3 Å². The number of nitrogens with zero attached hydrogens (tertiary/aromatic N) is 4. The Morgan fingerprint density at radius 1 is 1.00 bits per heavy atom. The molecule has 1 saturated carbocycles. The average Bonchev–Trinajstić information content (AvgIpc) is 3.52. The van der Waals surface area contributed by atoms with Gasteiger partial charge in [0, 0.05) is 50.7 Å². The first-order valence-corrected chi connectivity index (χ1v) is 14.7. The molecule has 2 fully saturated rings. The minimum Gasteiger partial charge on any atom is -0.481 e. The zero-order valence-corrected chi connectivity index (χ0v) is 24.3. The molecular formula is C30H38N6O7. The summed E-state index contributed by atoms with van der Waals surface area (Å²) in [6, 6.07) is 9.18. The number of carbonyl (C=O) groups excluding carboxylic acids is 4. The van der Waals surface area contributed by atoms with Crippen LogP contribution >= 0.6 is 0 Å². The number of benzene rings is 1. The molecule has 0 radical (unpaired) electrons. The lowest BCUT2D eigenvalue weighted by Crippen LogP contribution is -2.56. The minimum absolute atomic E-state index is 0.0784. The highest BCUT2D eigenvalue weighted by molar-refractivity contribution is 5.98. The summed E-state index contributed by atoms with van der Waals surface area (Å²) in [6.07, 6.45) is 3.64. The molecule has 2 aromatic rings. The van der Waals surface area contributed by atoms with Gasteiger partial charge in [0.15, 0.2) is 5.82 Å². The number of anilines is 1. The lowest BCUT2D eigenvalue weighted by Gasteiger charge is -2.35. The van der Waals surface area contributed by atoms with Crippen molar-refractivity contribution in [1.82, 2.24) is 25.1 Å². The van der Waals surface area contributed by atoms with Crippen LogP contribution in [-0.2, 0) is 19.1 Å². The zero-order valence-electron chi connectivity index (χ0n) is 24.3. The van der Waals surface area contributed by atoms with Crippen molar-refractivity contribution in [3.8, 4) is 11.4 Å². The number of aliphatic carboxylic acids is 1. The summed E-state index contributed by atoms with van der Waals surface area (Å²) >= 11 is 0. The Kier molecular flexibility index (Phi) is 11.0. The van der Waals surface area contributed by atoms with Gasteiger partial charge in [0.1, 0.15) is 17.6 Å². The molecule has 0 spiro atoms. The number of rotatable bonds is 11. The standard InChI is InChI=1S/C30H38N6O7/c1-2-43-30(42)36-16-14-35(15-17-36)29(41)22(12-13-26(38)39)32-28(40)23-19-24(33-25(37)18-20-8-6-7-9-20)34-27(31-23)21-10-4-3-5-11-21/h3-5,10-11,19-20,22H,2,6-9,12-18H2,1H3,(H,32,40)(H,38,39)(H,31,33,34,37)/t22-/m0/s1. The third-order valence-electron chi connectivity index (χ3n) is 7.57. The smallest absolute Gasteiger partial charge is 0.409 e. The van der Waals surface area contributed by atoms with Gasteiger partial charge in [-0.3, -0.25) is 19.2 Å². The summed E-state index contributed by atoms with van der Waals surface area (Å²) in [7, 11) is 0. The van der Waals surface area contributed by atoms with Crippen LogP contribution in [0, 0.1) is 5.92 Å². The van der Waals surface area contributed by atoms with E-state index in [0.29, 0.717) is 17.9 Å². The van der Waals surface area contributed by atoms with Gasteiger partial charge in [-0.1, -0.05) is 43.2 Å². The molecule has 3 N–H and O–H groups in total. The molecule has 1 saturated heterocycles. The van der Waals surface area contributed by atoms with Gasteiger partial charge in [-0.2, -0.15) is 0 Å². The summed E-state index contributed by atoms with van der Waals surface area (Å²) in [5.41, 5.74) is 0.548. The highest BCUT2D eigenvalue weighted by Gasteiger charge is 2.31. The second-order valence-corrected chi connectivity index (χ2v) is 10.7. The van der Waals surface area contributed by atoms with Crippen molar-refractivity contribution in [2.75, 3.05) is 38.1 Å². The Labute approximate surface area is 250 Å². The third kappa shape index (κ3) is 8.97. The average molecular weight is 595 g/mol. The quantitative estimate of drug-likeness (QED) is 0.354. The fourth-order valence-corrected chi connectivity index (χ4v) is 5.32. The van der Waals surface area contributed by atoms with Gasteiger partial charge in [0.05, 0.1) is 6.61 Å². The number of hydrogen-bond donors (Lipinski definition) is 3. The van der Waals surface area contributed by atoms with Crippen LogP contribution in [0.1, 0.15) is 62.4 Å². The maximum atomic E-state index is 13.5. The second-order valence-electron chi connectivity index (χ2n) is 10.7. The van der Waals surface area contributed by atoms with Crippen LogP contribution in [-0.4, -0.2) is 93.5 Å². The number of nitrogens with one attached hydrogen (secondary N) is 2. The van der Waals surface area contributed by atoms with Crippen molar-refractivity contribution in [3.63, 3.8) is 0 Å². The first kappa shape index (κ1) is 31.4. The predicted octanol–water partition coefficient (Wildman–Crippen LogP) is 2.93. The minimum atomic E-state index is -1.15. The lowest BCUT2D eigenvalue weighted by molar-refractivity contribution is -0.138. The van der Waals surface area contributed by atoms with E-state index in [2.05, 4.69) is 20.6 Å². The Bertz CT molecular complexity index is 1310. The fourth-order valence-electron chi connectivity index (χ4n) is 5.32. The fraction of sp³-hybridized carbons (Fsp3) is 0.500. The maximum Gasteiger partial charge on any atom is 0.409 e. The normalized spacial score (nSPS) is 15.9. The zero-order chi connectivity index (χ0) is 30.8. The van der Waals surface area contributed by atoms with Crippen molar-refractivity contribution < 1.29 is 33.8 Å². The molecule has 1 aromatic carbocycles. The van der Waals surface area contributed by atoms with Crippen LogP contribution in [0.5, 0.6) is 0 Å². The van der Waals surface area contributed by atoms with E-state index in [4.69, 9.17) is 4.74 Å². The molecule has 0 unspecified atom stereocenters. The van der Waals surface area contributed by atoms with E-state index >= 15 is 0 Å². The Hall–Kier alpha value is -4.55. The van der Waals surface area contributed by atoms with Gasteiger partial charge >= 0.3 is 12.1 Å². The molecular weight excluding hydrogens is 556 g/mol. The van der Waals surface area contributed by atoms with E-state index in [1.807, 2.05) is 6.07 Å². The van der Waals surface area contributed by atoms with Crippen molar-refractivity contribution >= 4 is 35.6 Å². The molecule has 4 amide bonds. The molecule has 13 nitrogen and oxygen atoms in total. The summed E-state index contributed by atoms with van der Waals surface area (Å²) < 4.78 is 5.02. The maximum absolute atomic E-state index is 13.5. The van der Waals surface area contributed by atoms with Gasteiger partial charge in [0.2, 0.25) is 11.8 Å². The highest BCUT2D eigenvalue weighted by atomic mass is 16.6. The molecule has 1 aliphatic carbocycles. The third-order valence-corrected chi connectivity index (χ3v) is 7.57. The lowest BCUT2D eigenvalue weighted by atomic mass is 10.0. The summed E-state index contributed by atoms with van der Waals surface area (Å²) in [5.74, 6) is -1.79. The first-order chi connectivity index (χ1) is 20.7. The number of piperazine rings is 1. The van der Waals surface area contributed by atoms with Crippen LogP contribution in [0.15, 0.2) is 36.4 Å². The molecule has 2 aliphatic rings. The molecule has 1 aliphatic heterocycles. The Morgan fingerprint density at radius 3 is 2.33 bits per heavy atom. The second kappa shape index (κ2) is 15.1. The number of amides is 4. The number of carboxylic acid groups (broad SMARTS) is 1. The number of carboxylic acids is 1. The molecule has 43 heavy (non-hydrogen) atoms. The Balaban J connectivity index is 1.51. The van der Waals surface area contributed by atoms with E-state index < -0.39 is 29.9 Å². The molecule has 0 bridgehead atoms. The van der Waals surface area contributed by atoms with Crippen LogP contribution in [0.25, 0.3) is 11.4 Å². The molecule has 1 atom stereocenters. The SMILES string of the molecule is CCOC(=O)N1CCN(C(=O)[C@H](CCC(=O)O)NC(=O)c2cc(NC(=O)CC3CCCC3)nc(-c3ccccc3)n2)CC1. The summed E-state index contributed by atoms with van der Waals surface area (Å²) in [5, 5.41) is 14.7. The van der Waals surface area contributed by atoms with Crippen LogP contribution in [0.2, 0.25) is 0 Å². The van der Waals surface area contributed by atoms with E-state index in [0.717, 1.165) is 25.7 Å². The summed E-state index contributed by atoms with van der Waals surface area (Å²) in [6.45, 7) is 2.87. The van der Waals surface area contributed by atoms with Crippen molar-refractivity contribution in [3.05, 3.63) is 42.1 Å². The van der Waals surface area contributed by atoms with E-state index in [9.17, 15) is 29.1 Å². The number of hydrogen-bond acceptors (Lipinski definition) is 8. The topological polar surface area (TPSA) is 171 Å². The van der Waals surface area contributed by atoms with Gasteiger partial charge in [-0.25, -0.2) is 14.8 Å².